The summed E-state index contributed by atoms with van der Waals surface area (Å²) < 4.78 is 42.2. The maximum absolute atomic E-state index is 13.2. The predicted octanol–water partition coefficient (Wildman–Crippen LogP) is 6.85. The van der Waals surface area contributed by atoms with Crippen LogP contribution in [0.4, 0.5) is 34.1 Å². The number of cyclic esters (lactones) is 1. The van der Waals surface area contributed by atoms with Gasteiger partial charge < -0.3 is 24.9 Å². The van der Waals surface area contributed by atoms with Crippen molar-refractivity contribution >= 4 is 47.0 Å². The van der Waals surface area contributed by atoms with E-state index in [4.69, 9.17) is 26.2 Å². The molecule has 1 aromatic heterocycles. The lowest BCUT2D eigenvalue weighted by Gasteiger charge is -2.36. The van der Waals surface area contributed by atoms with Gasteiger partial charge in [-0.2, -0.15) is 13.2 Å². The van der Waals surface area contributed by atoms with E-state index in [2.05, 4.69) is 25.3 Å². The number of rotatable bonds is 3. The number of benzene rings is 2. The number of imidazole rings is 1. The van der Waals surface area contributed by atoms with E-state index >= 15 is 0 Å². The zero-order valence-corrected chi connectivity index (χ0v) is 25.0. The van der Waals surface area contributed by atoms with E-state index in [1.54, 1.807) is 35.4 Å². The van der Waals surface area contributed by atoms with Gasteiger partial charge in [-0.25, -0.2) is 19.4 Å². The van der Waals surface area contributed by atoms with Crippen LogP contribution in [0.15, 0.2) is 60.8 Å². The lowest BCUT2D eigenvalue weighted by Crippen LogP contribution is -2.41. The van der Waals surface area contributed by atoms with E-state index in [9.17, 15) is 27.6 Å². The first-order valence-electron chi connectivity index (χ1n) is 13.9. The molecule has 244 valence electrons. The number of fused-ring (bicyclic) bond motifs is 4. The summed E-state index contributed by atoms with van der Waals surface area (Å²) in [4.78, 5) is 56.1. The molecule has 3 heterocycles. The van der Waals surface area contributed by atoms with Crippen molar-refractivity contribution < 1.29 is 46.9 Å². The summed E-state index contributed by atoms with van der Waals surface area (Å²) in [5, 5.41) is 13.3. The third-order valence-electron chi connectivity index (χ3n) is 6.94. The van der Waals surface area contributed by atoms with Crippen LogP contribution in [0.3, 0.4) is 0 Å². The smallest absolute Gasteiger partial charge is 0.475 e. The van der Waals surface area contributed by atoms with E-state index in [1.807, 2.05) is 30.4 Å². The Morgan fingerprint density at radius 2 is 1.93 bits per heavy atom. The van der Waals surface area contributed by atoms with Crippen LogP contribution in [0.1, 0.15) is 49.2 Å². The highest BCUT2D eigenvalue weighted by molar-refractivity contribution is 6.30. The van der Waals surface area contributed by atoms with Crippen molar-refractivity contribution in [1.29, 1.82) is 0 Å². The molecule has 2 aliphatic heterocycles. The van der Waals surface area contributed by atoms with Gasteiger partial charge in [-0.15, -0.1) is 0 Å². The summed E-state index contributed by atoms with van der Waals surface area (Å²) in [5.41, 5.74) is 3.17. The number of allylic oxidation sites excluding steroid dienone is 1. The molecule has 16 heteroatoms. The molecule has 1 unspecified atom stereocenters. The molecule has 0 radical (unpaired) electrons. The minimum Gasteiger partial charge on any atom is -0.475 e. The van der Waals surface area contributed by atoms with Gasteiger partial charge in [0.05, 0.1) is 30.7 Å². The van der Waals surface area contributed by atoms with Crippen molar-refractivity contribution in [2.45, 2.75) is 44.0 Å². The Bertz CT molecular complexity index is 1630. The fourth-order valence-electron chi connectivity index (χ4n) is 4.75. The summed E-state index contributed by atoms with van der Waals surface area (Å²) in [5.74, 6) is -2.33. The van der Waals surface area contributed by atoms with Crippen LogP contribution >= 0.6 is 11.6 Å². The maximum Gasteiger partial charge on any atom is 0.490 e. The SMILES string of the molecule is COC(=O)Nc1ccc2c(c1)NC(=O)CC/C=C/C[C@H](N1CCC(c3cccc(Cl)c3)OC1=O)c1ncc-2[nH]1.O=C(O)C(F)(F)F. The molecule has 2 aromatic carbocycles. The molecular formula is C30H29ClF3N5O7. The van der Waals surface area contributed by atoms with Crippen molar-refractivity contribution in [3.8, 4) is 11.3 Å². The fraction of sp³-hybridized carbons (Fsp3) is 0.300. The van der Waals surface area contributed by atoms with Gasteiger partial charge in [-0.1, -0.05) is 35.9 Å². The van der Waals surface area contributed by atoms with Crippen molar-refractivity contribution in [3.63, 3.8) is 0 Å². The number of methoxy groups -OCH3 is 1. The van der Waals surface area contributed by atoms with Crippen molar-refractivity contribution in [2.24, 2.45) is 0 Å². The number of aliphatic carboxylic acids is 1. The highest BCUT2D eigenvalue weighted by atomic mass is 35.5. The molecule has 5 rings (SSSR count). The number of carbonyl (C=O) groups excluding carboxylic acids is 3. The van der Waals surface area contributed by atoms with Gasteiger partial charge in [0.25, 0.3) is 0 Å². The van der Waals surface area contributed by atoms with Gasteiger partial charge >= 0.3 is 24.3 Å². The lowest BCUT2D eigenvalue weighted by molar-refractivity contribution is -0.192. The lowest BCUT2D eigenvalue weighted by atomic mass is 10.0. The number of ether oxygens (including phenoxy) is 2. The monoisotopic (exact) mass is 663 g/mol. The second-order valence-electron chi connectivity index (χ2n) is 10.1. The van der Waals surface area contributed by atoms with E-state index in [-0.39, 0.29) is 18.4 Å². The van der Waals surface area contributed by atoms with E-state index < -0.39 is 30.4 Å². The maximum atomic E-state index is 13.2. The number of aromatic amines is 1. The van der Waals surface area contributed by atoms with Crippen LogP contribution in [0, 0.1) is 0 Å². The number of carboxylic acids is 1. The molecule has 0 aliphatic carbocycles. The molecule has 4 N–H and O–H groups in total. The standard InChI is InChI=1S/C28H28ClN5O5.C2HF3O2/c1-38-27(36)31-19-10-11-20-21(15-19)32-25(35)9-4-2-3-8-23(26-30-16-22(20)33-26)34-13-12-24(39-28(34)37)17-6-5-7-18(29)14-17;3-2(4,5)1(6)7/h2-3,5-7,10-11,14-16,23-24H,4,8-9,12-13H2,1H3,(H,30,33)(H,31,36)(H,32,35);(H,6,7)/b3-2+;/t23-,24?;/m0./s1. The van der Waals surface area contributed by atoms with E-state index in [0.29, 0.717) is 59.3 Å². The Hall–Kier alpha value is -5.05. The van der Waals surface area contributed by atoms with Gasteiger partial charge in [0, 0.05) is 35.7 Å². The Kier molecular flexibility index (Phi) is 10.9. The summed E-state index contributed by atoms with van der Waals surface area (Å²) >= 11 is 6.14. The second kappa shape index (κ2) is 14.8. The molecule has 1 fully saturated rings. The number of nitrogens with one attached hydrogen (secondary N) is 3. The largest absolute Gasteiger partial charge is 0.490 e. The Balaban J connectivity index is 0.000000617. The molecule has 0 saturated carbocycles. The number of aromatic nitrogens is 2. The normalized spacial score (nSPS) is 18.9. The topological polar surface area (TPSA) is 163 Å². The predicted molar refractivity (Wildman–Crippen MR) is 160 cm³/mol. The first-order chi connectivity index (χ1) is 21.8. The molecule has 2 bridgehead atoms. The van der Waals surface area contributed by atoms with Crippen LogP contribution in [0.25, 0.3) is 11.3 Å². The first-order valence-corrected chi connectivity index (χ1v) is 14.3. The highest BCUT2D eigenvalue weighted by Crippen LogP contribution is 2.36. The summed E-state index contributed by atoms with van der Waals surface area (Å²) in [6.45, 7) is 0.476. The van der Waals surface area contributed by atoms with Crippen LogP contribution in [-0.2, 0) is 19.1 Å². The molecule has 3 aromatic rings. The minimum absolute atomic E-state index is 0.168. The van der Waals surface area contributed by atoms with Crippen molar-refractivity contribution in [2.75, 3.05) is 24.3 Å². The average Bonchev–Trinajstić information content (AvgIpc) is 3.49. The highest BCUT2D eigenvalue weighted by Gasteiger charge is 2.38. The van der Waals surface area contributed by atoms with Crippen LogP contribution in [-0.4, -0.2) is 63.9 Å². The van der Waals surface area contributed by atoms with Crippen LogP contribution in [0.5, 0.6) is 0 Å². The number of alkyl halides is 3. The number of halogens is 4. The van der Waals surface area contributed by atoms with Gasteiger partial charge in [0.1, 0.15) is 11.9 Å². The second-order valence-corrected chi connectivity index (χ2v) is 10.5. The third kappa shape index (κ3) is 8.78. The van der Waals surface area contributed by atoms with Crippen LogP contribution < -0.4 is 10.6 Å². The van der Waals surface area contributed by atoms with Crippen LogP contribution in [0.2, 0.25) is 5.02 Å². The molecule has 2 aliphatic rings. The Morgan fingerprint density at radius 3 is 2.61 bits per heavy atom. The Morgan fingerprint density at radius 1 is 1.17 bits per heavy atom. The summed E-state index contributed by atoms with van der Waals surface area (Å²) in [6.07, 6.45) is 0.956. The number of amides is 3. The number of H-pyrrole nitrogens is 1. The van der Waals surface area contributed by atoms with Gasteiger partial charge in [-0.05, 0) is 48.7 Å². The molecule has 12 nitrogen and oxygen atoms in total. The van der Waals surface area contributed by atoms with Crippen molar-refractivity contribution in [3.05, 3.63) is 77.2 Å². The number of hydrogen-bond donors (Lipinski definition) is 4. The number of carbonyl (C=O) groups is 4. The molecule has 0 spiro atoms. The summed E-state index contributed by atoms with van der Waals surface area (Å²) in [6, 6.07) is 12.1. The summed E-state index contributed by atoms with van der Waals surface area (Å²) in [7, 11) is 1.28. The van der Waals surface area contributed by atoms with Crippen molar-refractivity contribution in [1.82, 2.24) is 14.9 Å². The molecule has 46 heavy (non-hydrogen) atoms. The fourth-order valence-corrected chi connectivity index (χ4v) is 4.95. The number of carboxylic acid groups (broad SMARTS) is 1. The van der Waals surface area contributed by atoms with Gasteiger partial charge in [0.2, 0.25) is 5.91 Å². The number of anilines is 2. The zero-order chi connectivity index (χ0) is 33.4. The minimum atomic E-state index is -5.08. The van der Waals surface area contributed by atoms with E-state index in [0.717, 1.165) is 5.56 Å². The Labute approximate surface area is 265 Å². The quantitative estimate of drug-likeness (QED) is 0.221. The number of nitrogens with zero attached hydrogens (tertiary/aromatic N) is 2. The van der Waals surface area contributed by atoms with E-state index in [1.165, 1.54) is 7.11 Å². The number of hydrogen-bond acceptors (Lipinski definition) is 7. The molecule has 3 amide bonds. The molecular weight excluding hydrogens is 635 g/mol. The third-order valence-corrected chi connectivity index (χ3v) is 7.17. The first kappa shape index (κ1) is 33.8. The molecule has 1 saturated heterocycles. The zero-order valence-electron chi connectivity index (χ0n) is 24.3. The molecule has 2 atom stereocenters. The van der Waals surface area contributed by atoms with Gasteiger partial charge in [0.15, 0.2) is 0 Å². The van der Waals surface area contributed by atoms with Gasteiger partial charge in [-0.3, -0.25) is 15.0 Å². The average molecular weight is 664 g/mol.